The Morgan fingerprint density at radius 3 is 2.12 bits per heavy atom. The van der Waals surface area contributed by atoms with Crippen LogP contribution in [-0.4, -0.2) is 83.4 Å². The highest BCUT2D eigenvalue weighted by molar-refractivity contribution is 5.95. The maximum Gasteiger partial charge on any atom is 0.345 e. The lowest BCUT2D eigenvalue weighted by Crippen LogP contribution is -2.49. The van der Waals surface area contributed by atoms with Gasteiger partial charge in [0, 0.05) is 45.0 Å². The first-order chi connectivity index (χ1) is 24.3. The number of aromatic hydroxyl groups is 1. The molecule has 1 saturated heterocycles. The summed E-state index contributed by atoms with van der Waals surface area (Å²) in [5.74, 6) is -1.54. The number of amides is 1. The van der Waals surface area contributed by atoms with Crippen molar-refractivity contribution >= 4 is 17.6 Å². The molecule has 262 valence electrons. The number of benzene rings is 4. The zero-order chi connectivity index (χ0) is 35.3. The maximum atomic E-state index is 13.1. The monoisotopic (exact) mass is 679 g/mol. The third-order valence-corrected chi connectivity index (χ3v) is 8.72. The van der Waals surface area contributed by atoms with E-state index < -0.39 is 23.7 Å². The Morgan fingerprint density at radius 2 is 1.48 bits per heavy atom. The summed E-state index contributed by atoms with van der Waals surface area (Å²) in [7, 11) is 1.25. The van der Waals surface area contributed by atoms with E-state index in [1.54, 1.807) is 23.1 Å². The summed E-state index contributed by atoms with van der Waals surface area (Å²) in [6.07, 6.45) is 1.62. The second kappa shape index (κ2) is 17.9. The van der Waals surface area contributed by atoms with Gasteiger partial charge in [0.2, 0.25) is 0 Å². The van der Waals surface area contributed by atoms with Crippen LogP contribution in [-0.2, 0) is 22.6 Å². The standard InChI is InChI=1S/C40H45N3O7/c1-49-40(48)38-34(44)18-11-19-37(38)50-25-9-8-20-41-21-23-42(24-22-41)39(47)36(46)27-35(45)32-16-10-17-33(26-32)43(28-30-12-4-2-5-13-30)29-31-14-6-3-7-15-31/h2-7,10-19,26-27,35,44-46H,8-9,20-25,28-29H2,1H3/b36-27-. The molecule has 0 aromatic heterocycles. The van der Waals surface area contributed by atoms with E-state index >= 15 is 0 Å². The molecule has 0 aliphatic carbocycles. The van der Waals surface area contributed by atoms with Crippen LogP contribution in [0.4, 0.5) is 5.69 Å². The number of anilines is 1. The van der Waals surface area contributed by atoms with Crippen molar-refractivity contribution in [3.63, 3.8) is 0 Å². The molecule has 10 heteroatoms. The number of aliphatic hydroxyl groups excluding tert-OH is 2. The normalized spacial score (nSPS) is 14.2. The summed E-state index contributed by atoms with van der Waals surface area (Å²) in [4.78, 5) is 31.2. The topological polar surface area (TPSA) is 123 Å². The molecule has 10 nitrogen and oxygen atoms in total. The van der Waals surface area contributed by atoms with Gasteiger partial charge < -0.3 is 34.6 Å². The minimum Gasteiger partial charge on any atom is -0.507 e. The van der Waals surface area contributed by atoms with E-state index in [9.17, 15) is 24.9 Å². The number of rotatable bonds is 15. The summed E-state index contributed by atoms with van der Waals surface area (Å²) >= 11 is 0. The number of aliphatic hydroxyl groups is 2. The average molecular weight is 680 g/mol. The fraction of sp³-hybridized carbons (Fsp3) is 0.300. The van der Waals surface area contributed by atoms with Gasteiger partial charge in [-0.15, -0.1) is 0 Å². The summed E-state index contributed by atoms with van der Waals surface area (Å²) in [5.41, 5.74) is 3.83. The van der Waals surface area contributed by atoms with Crippen molar-refractivity contribution in [2.45, 2.75) is 32.0 Å². The number of esters is 1. The van der Waals surface area contributed by atoms with E-state index in [0.29, 0.717) is 51.4 Å². The molecular weight excluding hydrogens is 634 g/mol. The van der Waals surface area contributed by atoms with E-state index in [-0.39, 0.29) is 17.1 Å². The highest BCUT2D eigenvalue weighted by Crippen LogP contribution is 2.29. The first-order valence-electron chi connectivity index (χ1n) is 16.9. The first-order valence-corrected chi connectivity index (χ1v) is 16.9. The van der Waals surface area contributed by atoms with Gasteiger partial charge in [-0.1, -0.05) is 78.9 Å². The molecule has 5 rings (SSSR count). The summed E-state index contributed by atoms with van der Waals surface area (Å²) < 4.78 is 10.5. The van der Waals surface area contributed by atoms with Gasteiger partial charge in [-0.3, -0.25) is 9.69 Å². The highest BCUT2D eigenvalue weighted by Gasteiger charge is 2.24. The molecular formula is C40H45N3O7. The number of hydrogen-bond donors (Lipinski definition) is 3. The third-order valence-electron chi connectivity index (χ3n) is 8.72. The van der Waals surface area contributed by atoms with E-state index in [4.69, 9.17) is 9.47 Å². The Labute approximate surface area is 293 Å². The fourth-order valence-corrected chi connectivity index (χ4v) is 5.97. The lowest BCUT2D eigenvalue weighted by Gasteiger charge is -2.34. The van der Waals surface area contributed by atoms with Crippen molar-refractivity contribution in [2.75, 3.05) is 51.3 Å². The molecule has 50 heavy (non-hydrogen) atoms. The van der Waals surface area contributed by atoms with Crippen molar-refractivity contribution in [3.05, 3.63) is 137 Å². The second-order valence-corrected chi connectivity index (χ2v) is 12.3. The SMILES string of the molecule is COC(=O)c1c(O)cccc1OCCCCN1CCN(C(=O)/C(O)=C/C(O)c2cccc(N(Cc3ccccc3)Cc3ccccc3)c2)CC1. The number of phenolic OH excluding ortho intramolecular Hbond substituents is 1. The average Bonchev–Trinajstić information content (AvgIpc) is 3.15. The fourth-order valence-electron chi connectivity index (χ4n) is 5.97. The molecule has 1 amide bonds. The molecule has 1 fully saturated rings. The largest absolute Gasteiger partial charge is 0.507 e. The summed E-state index contributed by atoms with van der Waals surface area (Å²) in [6, 6.07) is 32.6. The quantitative estimate of drug-likeness (QED) is 0.0614. The molecule has 4 aromatic rings. The Kier molecular flexibility index (Phi) is 12.9. The molecule has 1 aliphatic rings. The molecule has 1 heterocycles. The summed E-state index contributed by atoms with van der Waals surface area (Å²) in [5, 5.41) is 31.8. The molecule has 1 unspecified atom stereocenters. The number of unbranched alkanes of at least 4 members (excludes halogenated alkanes) is 1. The minimum absolute atomic E-state index is 0.0124. The predicted molar refractivity (Wildman–Crippen MR) is 192 cm³/mol. The Morgan fingerprint density at radius 1 is 0.840 bits per heavy atom. The van der Waals surface area contributed by atoms with Gasteiger partial charge >= 0.3 is 5.97 Å². The smallest absolute Gasteiger partial charge is 0.345 e. The van der Waals surface area contributed by atoms with Crippen LogP contribution in [0.25, 0.3) is 0 Å². The van der Waals surface area contributed by atoms with Crippen molar-refractivity contribution in [2.24, 2.45) is 0 Å². The van der Waals surface area contributed by atoms with E-state index in [1.165, 1.54) is 19.3 Å². The van der Waals surface area contributed by atoms with Gasteiger partial charge in [0.15, 0.2) is 5.76 Å². The van der Waals surface area contributed by atoms with E-state index in [1.807, 2.05) is 54.6 Å². The molecule has 1 atom stereocenters. The van der Waals surface area contributed by atoms with Gasteiger partial charge in [0.05, 0.1) is 13.7 Å². The van der Waals surface area contributed by atoms with Crippen molar-refractivity contribution in [1.29, 1.82) is 0 Å². The van der Waals surface area contributed by atoms with Crippen molar-refractivity contribution < 1.29 is 34.4 Å². The number of phenols is 1. The minimum atomic E-state index is -1.17. The van der Waals surface area contributed by atoms with Crippen LogP contribution in [0.1, 0.15) is 46.0 Å². The molecule has 3 N–H and O–H groups in total. The zero-order valence-electron chi connectivity index (χ0n) is 28.4. The molecule has 0 spiro atoms. The molecule has 0 radical (unpaired) electrons. The van der Waals surface area contributed by atoms with Crippen LogP contribution in [0, 0.1) is 0 Å². The molecule has 0 bridgehead atoms. The third kappa shape index (κ3) is 9.87. The zero-order valence-corrected chi connectivity index (χ0v) is 28.4. The number of carbonyl (C=O) groups is 2. The number of nitrogens with zero attached hydrogens (tertiary/aromatic N) is 3. The predicted octanol–water partition coefficient (Wildman–Crippen LogP) is 5.86. The second-order valence-electron chi connectivity index (χ2n) is 12.3. The van der Waals surface area contributed by atoms with Crippen molar-refractivity contribution in [3.8, 4) is 11.5 Å². The molecule has 4 aromatic carbocycles. The van der Waals surface area contributed by atoms with Crippen molar-refractivity contribution in [1.82, 2.24) is 9.80 Å². The van der Waals surface area contributed by atoms with Crippen LogP contribution >= 0.6 is 0 Å². The Hall–Kier alpha value is -5.32. The van der Waals surface area contributed by atoms with E-state index in [0.717, 1.165) is 36.2 Å². The number of piperazine rings is 1. The Balaban J connectivity index is 1.11. The number of ether oxygens (including phenoxy) is 2. The van der Waals surface area contributed by atoms with E-state index in [2.05, 4.69) is 34.1 Å². The number of methoxy groups -OCH3 is 1. The van der Waals surface area contributed by atoms with Gasteiger partial charge in [-0.05, 0) is 66.4 Å². The van der Waals surface area contributed by atoms with Gasteiger partial charge in [0.25, 0.3) is 5.91 Å². The van der Waals surface area contributed by atoms with Crippen LogP contribution < -0.4 is 9.64 Å². The highest BCUT2D eigenvalue weighted by atomic mass is 16.5. The number of carbonyl (C=O) groups excluding carboxylic acids is 2. The van der Waals surface area contributed by atoms with Gasteiger partial charge in [-0.2, -0.15) is 0 Å². The first kappa shape index (κ1) is 36.0. The molecule has 1 aliphatic heterocycles. The number of hydrogen-bond acceptors (Lipinski definition) is 9. The van der Waals surface area contributed by atoms with Crippen LogP contribution in [0.3, 0.4) is 0 Å². The van der Waals surface area contributed by atoms with Gasteiger partial charge in [0.1, 0.15) is 23.2 Å². The maximum absolute atomic E-state index is 13.1. The van der Waals surface area contributed by atoms with Gasteiger partial charge in [-0.25, -0.2) is 4.79 Å². The van der Waals surface area contributed by atoms with Crippen LogP contribution in [0.2, 0.25) is 0 Å². The Bertz CT molecular complexity index is 1680. The lowest BCUT2D eigenvalue weighted by molar-refractivity contribution is -0.131. The lowest BCUT2D eigenvalue weighted by atomic mass is 10.1. The van der Waals surface area contributed by atoms with Crippen LogP contribution in [0.5, 0.6) is 11.5 Å². The molecule has 0 saturated carbocycles. The summed E-state index contributed by atoms with van der Waals surface area (Å²) in [6.45, 7) is 4.74. The van der Waals surface area contributed by atoms with Crippen LogP contribution in [0.15, 0.2) is 115 Å².